The lowest BCUT2D eigenvalue weighted by atomic mass is 10.1. The van der Waals surface area contributed by atoms with Crippen LogP contribution >= 0.6 is 12.6 Å². The van der Waals surface area contributed by atoms with E-state index in [1.165, 1.54) is 5.56 Å². The Balaban J connectivity index is 1.88. The van der Waals surface area contributed by atoms with Gasteiger partial charge in [0.25, 0.3) is 0 Å². The van der Waals surface area contributed by atoms with Crippen molar-refractivity contribution in [2.45, 2.75) is 5.25 Å². The fraction of sp³-hybridized carbons (Fsp3) is 0.500. The maximum absolute atomic E-state index is 4.67. The molecule has 3 heteroatoms. The maximum atomic E-state index is 4.67. The summed E-state index contributed by atoms with van der Waals surface area (Å²) in [6.45, 7) is 5.55. The Bertz CT molecular complexity index is 283. The van der Waals surface area contributed by atoms with Crippen LogP contribution in [0.25, 0.3) is 0 Å². The molecule has 1 aromatic rings. The van der Waals surface area contributed by atoms with E-state index >= 15 is 0 Å². The van der Waals surface area contributed by atoms with Gasteiger partial charge in [-0.25, -0.2) is 0 Å². The lowest BCUT2D eigenvalue weighted by Crippen LogP contribution is -2.44. The summed E-state index contributed by atoms with van der Waals surface area (Å²) in [5, 5.41) is 3.70. The first kappa shape index (κ1) is 11.0. The van der Waals surface area contributed by atoms with Crippen molar-refractivity contribution in [1.82, 2.24) is 10.2 Å². The van der Waals surface area contributed by atoms with Crippen LogP contribution in [0.2, 0.25) is 0 Å². The van der Waals surface area contributed by atoms with Crippen LogP contribution in [-0.2, 0) is 0 Å². The highest BCUT2D eigenvalue weighted by molar-refractivity contribution is 7.80. The third kappa shape index (κ3) is 3.23. The summed E-state index contributed by atoms with van der Waals surface area (Å²) in [6.07, 6.45) is 0. The molecule has 1 aliphatic rings. The van der Waals surface area contributed by atoms with Gasteiger partial charge in [0.2, 0.25) is 0 Å². The van der Waals surface area contributed by atoms with Crippen molar-refractivity contribution >= 4 is 12.6 Å². The minimum Gasteiger partial charge on any atom is -0.314 e. The minimum atomic E-state index is 0.337. The molecule has 15 heavy (non-hydrogen) atoms. The number of nitrogens with zero attached hydrogens (tertiary/aromatic N) is 1. The van der Waals surface area contributed by atoms with Gasteiger partial charge in [-0.1, -0.05) is 30.3 Å². The van der Waals surface area contributed by atoms with Gasteiger partial charge < -0.3 is 5.32 Å². The summed E-state index contributed by atoms with van der Waals surface area (Å²) >= 11 is 4.67. The lowest BCUT2D eigenvalue weighted by Gasteiger charge is -2.29. The van der Waals surface area contributed by atoms with Gasteiger partial charge in [0, 0.05) is 38.0 Å². The molecular formula is C12H18N2S. The van der Waals surface area contributed by atoms with Gasteiger partial charge >= 0.3 is 0 Å². The number of nitrogens with one attached hydrogen (secondary N) is 1. The molecule has 0 amide bonds. The van der Waals surface area contributed by atoms with Crippen molar-refractivity contribution in [3.8, 4) is 0 Å². The van der Waals surface area contributed by atoms with E-state index < -0.39 is 0 Å². The molecule has 1 heterocycles. The first-order chi connectivity index (χ1) is 7.36. The zero-order valence-electron chi connectivity index (χ0n) is 8.89. The van der Waals surface area contributed by atoms with Gasteiger partial charge in [-0.3, -0.25) is 4.90 Å². The first-order valence-corrected chi connectivity index (χ1v) is 6.04. The third-order valence-electron chi connectivity index (χ3n) is 2.83. The molecule has 0 saturated carbocycles. The zero-order valence-corrected chi connectivity index (χ0v) is 9.79. The Morgan fingerprint density at radius 2 is 1.87 bits per heavy atom. The lowest BCUT2D eigenvalue weighted by molar-refractivity contribution is 0.242. The normalized spacial score (nSPS) is 20.1. The maximum Gasteiger partial charge on any atom is 0.0394 e. The summed E-state index contributed by atoms with van der Waals surface area (Å²) < 4.78 is 0. The molecule has 0 aromatic heterocycles. The molecule has 1 saturated heterocycles. The summed E-state index contributed by atoms with van der Waals surface area (Å²) in [5.41, 5.74) is 1.32. The van der Waals surface area contributed by atoms with Crippen LogP contribution < -0.4 is 5.32 Å². The molecule has 1 N–H and O–H groups in total. The molecule has 82 valence electrons. The van der Waals surface area contributed by atoms with Crippen LogP contribution in [0.3, 0.4) is 0 Å². The number of piperazine rings is 1. The van der Waals surface area contributed by atoms with Crippen molar-refractivity contribution in [3.05, 3.63) is 35.9 Å². The smallest absolute Gasteiger partial charge is 0.0394 e. The van der Waals surface area contributed by atoms with Crippen LogP contribution in [0.15, 0.2) is 30.3 Å². The van der Waals surface area contributed by atoms with E-state index in [1.54, 1.807) is 0 Å². The average molecular weight is 222 g/mol. The van der Waals surface area contributed by atoms with Crippen LogP contribution in [0, 0.1) is 0 Å². The third-order valence-corrected chi connectivity index (χ3v) is 3.29. The molecule has 2 nitrogen and oxygen atoms in total. The van der Waals surface area contributed by atoms with E-state index in [1.807, 2.05) is 0 Å². The van der Waals surface area contributed by atoms with Crippen LogP contribution in [0.1, 0.15) is 10.8 Å². The second-order valence-corrected chi connectivity index (χ2v) is 4.60. The van der Waals surface area contributed by atoms with Crippen molar-refractivity contribution in [2.24, 2.45) is 0 Å². The number of rotatable bonds is 3. The Morgan fingerprint density at radius 1 is 1.20 bits per heavy atom. The summed E-state index contributed by atoms with van der Waals surface area (Å²) in [7, 11) is 0. The van der Waals surface area contributed by atoms with E-state index in [4.69, 9.17) is 0 Å². The predicted molar refractivity (Wildman–Crippen MR) is 67.5 cm³/mol. The predicted octanol–water partition coefficient (Wildman–Crippen LogP) is 1.56. The molecule has 1 unspecified atom stereocenters. The largest absolute Gasteiger partial charge is 0.314 e. The topological polar surface area (TPSA) is 15.3 Å². The molecular weight excluding hydrogens is 204 g/mol. The molecule has 0 radical (unpaired) electrons. The Kier molecular flexibility index (Phi) is 4.06. The fourth-order valence-corrected chi connectivity index (χ4v) is 2.32. The van der Waals surface area contributed by atoms with Gasteiger partial charge in [0.05, 0.1) is 0 Å². The van der Waals surface area contributed by atoms with E-state index in [9.17, 15) is 0 Å². The molecule has 0 bridgehead atoms. The molecule has 1 fully saturated rings. The molecule has 1 atom stereocenters. The van der Waals surface area contributed by atoms with Crippen molar-refractivity contribution in [3.63, 3.8) is 0 Å². The summed E-state index contributed by atoms with van der Waals surface area (Å²) in [4.78, 5) is 2.47. The summed E-state index contributed by atoms with van der Waals surface area (Å²) in [6, 6.07) is 10.5. The molecule has 1 aliphatic heterocycles. The van der Waals surface area contributed by atoms with Gasteiger partial charge in [0.15, 0.2) is 0 Å². The number of thiol groups is 1. The van der Waals surface area contributed by atoms with E-state index in [0.29, 0.717) is 5.25 Å². The first-order valence-electron chi connectivity index (χ1n) is 5.52. The van der Waals surface area contributed by atoms with Gasteiger partial charge in [-0.15, -0.1) is 0 Å². The number of hydrogen-bond acceptors (Lipinski definition) is 3. The van der Waals surface area contributed by atoms with Gasteiger partial charge in [-0.2, -0.15) is 12.6 Å². The van der Waals surface area contributed by atoms with Crippen LogP contribution in [-0.4, -0.2) is 37.6 Å². The van der Waals surface area contributed by atoms with E-state index in [2.05, 4.69) is 53.2 Å². The SMILES string of the molecule is SC(CN1CCNCC1)c1ccccc1. The fourth-order valence-electron chi connectivity index (χ4n) is 1.92. The minimum absolute atomic E-state index is 0.337. The molecule has 2 rings (SSSR count). The highest BCUT2D eigenvalue weighted by Crippen LogP contribution is 2.20. The summed E-state index contributed by atoms with van der Waals surface area (Å²) in [5.74, 6) is 0. The zero-order chi connectivity index (χ0) is 10.5. The monoisotopic (exact) mass is 222 g/mol. The van der Waals surface area contributed by atoms with Gasteiger partial charge in [-0.05, 0) is 5.56 Å². The van der Waals surface area contributed by atoms with Crippen LogP contribution in [0.4, 0.5) is 0 Å². The number of benzene rings is 1. The Hall–Kier alpha value is -0.510. The second-order valence-electron chi connectivity index (χ2n) is 3.98. The second kappa shape index (κ2) is 5.54. The van der Waals surface area contributed by atoms with E-state index in [-0.39, 0.29) is 0 Å². The quantitative estimate of drug-likeness (QED) is 0.755. The van der Waals surface area contributed by atoms with Crippen LogP contribution in [0.5, 0.6) is 0 Å². The van der Waals surface area contributed by atoms with Gasteiger partial charge in [0.1, 0.15) is 0 Å². The van der Waals surface area contributed by atoms with Crippen molar-refractivity contribution < 1.29 is 0 Å². The number of hydrogen-bond donors (Lipinski definition) is 2. The average Bonchev–Trinajstić information content (AvgIpc) is 2.31. The Labute approximate surface area is 97.1 Å². The molecule has 0 spiro atoms. The highest BCUT2D eigenvalue weighted by atomic mass is 32.1. The standard InChI is InChI=1S/C12H18N2S/c15-12(11-4-2-1-3-5-11)10-14-8-6-13-7-9-14/h1-5,12-13,15H,6-10H2. The van der Waals surface area contributed by atoms with Crippen molar-refractivity contribution in [1.29, 1.82) is 0 Å². The van der Waals surface area contributed by atoms with E-state index in [0.717, 1.165) is 32.7 Å². The molecule has 1 aromatic carbocycles. The van der Waals surface area contributed by atoms with Crippen molar-refractivity contribution in [2.75, 3.05) is 32.7 Å². The highest BCUT2D eigenvalue weighted by Gasteiger charge is 2.14. The Morgan fingerprint density at radius 3 is 2.53 bits per heavy atom. The molecule has 0 aliphatic carbocycles.